The van der Waals surface area contributed by atoms with Crippen LogP contribution in [0.4, 0.5) is 0 Å². The molecular formula is C9H17BrO4S. The van der Waals surface area contributed by atoms with Crippen molar-refractivity contribution in [1.29, 1.82) is 0 Å². The van der Waals surface area contributed by atoms with E-state index in [1.54, 1.807) is 7.11 Å². The first-order valence-electron chi connectivity index (χ1n) is 4.77. The monoisotopic (exact) mass is 300 g/mol. The summed E-state index contributed by atoms with van der Waals surface area (Å²) in [6.07, 6.45) is -0.260. The van der Waals surface area contributed by atoms with Crippen molar-refractivity contribution in [3.05, 3.63) is 0 Å². The number of hydrogen-bond acceptors (Lipinski definition) is 4. The molecule has 1 saturated heterocycles. The van der Waals surface area contributed by atoms with E-state index in [0.717, 1.165) is 0 Å². The molecule has 1 fully saturated rings. The van der Waals surface area contributed by atoms with Gasteiger partial charge in [-0.25, -0.2) is 8.42 Å². The van der Waals surface area contributed by atoms with Crippen LogP contribution in [0.1, 0.15) is 13.8 Å². The molecule has 0 saturated carbocycles. The molecule has 4 nitrogen and oxygen atoms in total. The predicted octanol–water partition coefficient (Wildman–Crippen LogP) is 0.988. The van der Waals surface area contributed by atoms with Crippen LogP contribution in [0, 0.1) is 0 Å². The highest BCUT2D eigenvalue weighted by atomic mass is 79.9. The molecule has 6 heteroatoms. The van der Waals surface area contributed by atoms with Crippen molar-refractivity contribution in [2.45, 2.75) is 30.4 Å². The van der Waals surface area contributed by atoms with Crippen molar-refractivity contribution in [3.63, 3.8) is 0 Å². The second-order valence-corrected chi connectivity index (χ2v) is 7.74. The summed E-state index contributed by atoms with van der Waals surface area (Å²) in [7, 11) is -1.32. The van der Waals surface area contributed by atoms with Crippen molar-refractivity contribution in [2.24, 2.45) is 0 Å². The maximum absolute atomic E-state index is 11.3. The Labute approximate surface area is 99.4 Å². The Bertz CT molecular complexity index is 312. The lowest BCUT2D eigenvalue weighted by Gasteiger charge is -2.25. The first-order valence-corrected chi connectivity index (χ1v) is 7.51. The molecule has 1 rings (SSSR count). The Hall–Kier alpha value is 0.350. The summed E-state index contributed by atoms with van der Waals surface area (Å²) >= 11 is 3.32. The molecule has 0 N–H and O–H groups in total. The lowest BCUT2D eigenvalue weighted by atomic mass is 10.1. The molecule has 2 atom stereocenters. The fourth-order valence-corrected chi connectivity index (χ4v) is 4.75. The SMILES string of the molecule is COC(C)(C)COC1CS(=O)(=O)CC1Br. The number of alkyl halides is 1. The summed E-state index contributed by atoms with van der Waals surface area (Å²) in [6, 6.07) is 0. The molecule has 1 aliphatic heterocycles. The van der Waals surface area contributed by atoms with Gasteiger partial charge < -0.3 is 9.47 Å². The largest absolute Gasteiger partial charge is 0.376 e. The van der Waals surface area contributed by atoms with Gasteiger partial charge in [0.2, 0.25) is 0 Å². The molecule has 2 unspecified atom stereocenters. The molecule has 0 spiro atoms. The van der Waals surface area contributed by atoms with Gasteiger partial charge in [-0.1, -0.05) is 15.9 Å². The highest BCUT2D eigenvalue weighted by Gasteiger charge is 2.37. The molecule has 0 radical (unpaired) electrons. The van der Waals surface area contributed by atoms with Crippen LogP contribution < -0.4 is 0 Å². The van der Waals surface area contributed by atoms with E-state index in [4.69, 9.17) is 9.47 Å². The molecule has 1 heterocycles. The minimum atomic E-state index is -2.93. The minimum absolute atomic E-state index is 0.0999. The Kier molecular flexibility index (Phi) is 4.20. The van der Waals surface area contributed by atoms with Gasteiger partial charge in [0, 0.05) is 7.11 Å². The molecule has 1 aliphatic rings. The van der Waals surface area contributed by atoms with Gasteiger partial charge in [0.05, 0.1) is 34.6 Å². The summed E-state index contributed by atoms with van der Waals surface area (Å²) < 4.78 is 33.4. The highest BCUT2D eigenvalue weighted by Crippen LogP contribution is 2.23. The van der Waals surface area contributed by atoms with Crippen molar-refractivity contribution < 1.29 is 17.9 Å². The van der Waals surface area contributed by atoms with Gasteiger partial charge in [0.25, 0.3) is 0 Å². The normalized spacial score (nSPS) is 30.7. The fraction of sp³-hybridized carbons (Fsp3) is 1.00. The van der Waals surface area contributed by atoms with Crippen LogP contribution in [0.5, 0.6) is 0 Å². The van der Waals surface area contributed by atoms with Crippen molar-refractivity contribution >= 4 is 25.8 Å². The Morgan fingerprint density at radius 1 is 1.40 bits per heavy atom. The van der Waals surface area contributed by atoms with Crippen LogP contribution in [0.25, 0.3) is 0 Å². The number of hydrogen-bond donors (Lipinski definition) is 0. The second-order valence-electron chi connectivity index (χ2n) is 4.41. The van der Waals surface area contributed by atoms with Gasteiger partial charge >= 0.3 is 0 Å². The number of methoxy groups -OCH3 is 1. The molecule has 0 aromatic rings. The van der Waals surface area contributed by atoms with E-state index in [1.165, 1.54) is 0 Å². The van der Waals surface area contributed by atoms with Crippen LogP contribution in [0.2, 0.25) is 0 Å². The van der Waals surface area contributed by atoms with Gasteiger partial charge in [0.15, 0.2) is 9.84 Å². The lowest BCUT2D eigenvalue weighted by Crippen LogP contribution is -2.34. The van der Waals surface area contributed by atoms with Gasteiger partial charge in [-0.3, -0.25) is 0 Å². The molecule has 0 aliphatic carbocycles. The van der Waals surface area contributed by atoms with Crippen molar-refractivity contribution in [3.8, 4) is 0 Å². The zero-order chi connectivity index (χ0) is 11.7. The Morgan fingerprint density at radius 3 is 2.40 bits per heavy atom. The van der Waals surface area contributed by atoms with E-state index in [2.05, 4.69) is 15.9 Å². The molecular weight excluding hydrogens is 284 g/mol. The topological polar surface area (TPSA) is 52.6 Å². The molecule has 15 heavy (non-hydrogen) atoms. The number of ether oxygens (including phenoxy) is 2. The van der Waals surface area contributed by atoms with Crippen LogP contribution >= 0.6 is 15.9 Å². The fourth-order valence-electron chi connectivity index (χ4n) is 1.29. The zero-order valence-electron chi connectivity index (χ0n) is 9.20. The Balaban J connectivity index is 2.48. The summed E-state index contributed by atoms with van der Waals surface area (Å²) in [6.45, 7) is 4.20. The summed E-state index contributed by atoms with van der Waals surface area (Å²) in [5.74, 6) is 0.258. The van der Waals surface area contributed by atoms with Crippen molar-refractivity contribution in [1.82, 2.24) is 0 Å². The zero-order valence-corrected chi connectivity index (χ0v) is 11.6. The van der Waals surface area contributed by atoms with Crippen LogP contribution in [-0.4, -0.2) is 50.2 Å². The minimum Gasteiger partial charge on any atom is -0.376 e. The second kappa shape index (κ2) is 4.69. The molecule has 90 valence electrons. The van der Waals surface area contributed by atoms with E-state index >= 15 is 0 Å². The van der Waals surface area contributed by atoms with E-state index in [9.17, 15) is 8.42 Å². The van der Waals surface area contributed by atoms with Gasteiger partial charge in [-0.2, -0.15) is 0 Å². The smallest absolute Gasteiger partial charge is 0.154 e. The van der Waals surface area contributed by atoms with Gasteiger partial charge in [-0.05, 0) is 13.8 Å². The molecule has 0 bridgehead atoms. The maximum atomic E-state index is 11.3. The average Bonchev–Trinajstić information content (AvgIpc) is 2.36. The average molecular weight is 301 g/mol. The number of rotatable bonds is 4. The van der Waals surface area contributed by atoms with Gasteiger partial charge in [0.1, 0.15) is 0 Å². The molecule has 0 aromatic heterocycles. The lowest BCUT2D eigenvalue weighted by molar-refractivity contribution is -0.0677. The third-order valence-corrected chi connectivity index (χ3v) is 5.48. The number of halogens is 1. The van der Waals surface area contributed by atoms with Gasteiger partial charge in [-0.15, -0.1) is 0 Å². The first kappa shape index (κ1) is 13.4. The maximum Gasteiger partial charge on any atom is 0.154 e. The van der Waals surface area contributed by atoms with Crippen LogP contribution in [-0.2, 0) is 19.3 Å². The quantitative estimate of drug-likeness (QED) is 0.727. The highest BCUT2D eigenvalue weighted by molar-refractivity contribution is 9.09. The molecule has 0 amide bonds. The number of sulfone groups is 1. The standard InChI is InChI=1S/C9H17BrO4S/c1-9(2,13-3)6-14-8-5-15(11,12)4-7(8)10/h7-8H,4-6H2,1-3H3. The summed E-state index contributed by atoms with van der Waals surface area (Å²) in [4.78, 5) is -0.102. The summed E-state index contributed by atoms with van der Waals surface area (Å²) in [5, 5.41) is 0. The van der Waals surface area contributed by atoms with Crippen LogP contribution in [0.3, 0.4) is 0 Å². The first-order chi connectivity index (χ1) is 6.76. The summed E-state index contributed by atoms with van der Waals surface area (Å²) in [5.41, 5.74) is -0.376. The van der Waals surface area contributed by atoms with Crippen molar-refractivity contribution in [2.75, 3.05) is 25.2 Å². The van der Waals surface area contributed by atoms with Crippen LogP contribution in [0.15, 0.2) is 0 Å². The third kappa shape index (κ3) is 4.01. The van der Waals surface area contributed by atoms with E-state index in [-0.39, 0.29) is 28.0 Å². The van der Waals surface area contributed by atoms with E-state index in [0.29, 0.717) is 6.61 Å². The molecule has 0 aromatic carbocycles. The van der Waals surface area contributed by atoms with E-state index in [1.807, 2.05) is 13.8 Å². The third-order valence-electron chi connectivity index (χ3n) is 2.43. The Morgan fingerprint density at radius 2 is 2.00 bits per heavy atom. The predicted molar refractivity (Wildman–Crippen MR) is 62.2 cm³/mol. The van der Waals surface area contributed by atoms with E-state index < -0.39 is 9.84 Å².